The van der Waals surface area contributed by atoms with E-state index in [1.807, 2.05) is 60.7 Å². The average Bonchev–Trinajstić information content (AvgIpc) is 2.92. The first-order chi connectivity index (χ1) is 17.6. The molecule has 0 radical (unpaired) electrons. The van der Waals surface area contributed by atoms with Crippen LogP contribution in [-0.2, 0) is 13.1 Å². The molecule has 0 saturated heterocycles. The second-order valence-corrected chi connectivity index (χ2v) is 8.54. The van der Waals surface area contributed by atoms with E-state index in [0.29, 0.717) is 36.6 Å². The third-order valence-corrected chi connectivity index (χ3v) is 6.18. The molecule has 0 atom stereocenters. The molecule has 2 N–H and O–H groups in total. The molecule has 1 aliphatic rings. The van der Waals surface area contributed by atoms with Crippen LogP contribution in [-0.4, -0.2) is 35.1 Å². The van der Waals surface area contributed by atoms with E-state index >= 15 is 0 Å². The Morgan fingerprint density at radius 3 is 2.50 bits per heavy atom. The van der Waals surface area contributed by atoms with Crippen LogP contribution in [0.4, 0.5) is 5.69 Å². The number of amides is 1. The number of aromatic nitrogens is 1. The molecule has 7 nitrogen and oxygen atoms in total. The Bertz CT molecular complexity index is 1390. The van der Waals surface area contributed by atoms with Gasteiger partial charge in [0.05, 0.1) is 17.8 Å². The monoisotopic (exact) mass is 479 g/mol. The van der Waals surface area contributed by atoms with E-state index in [1.54, 1.807) is 30.6 Å². The van der Waals surface area contributed by atoms with Gasteiger partial charge in [0.15, 0.2) is 0 Å². The zero-order valence-electron chi connectivity index (χ0n) is 19.6. The summed E-state index contributed by atoms with van der Waals surface area (Å²) in [7, 11) is 0. The Morgan fingerprint density at radius 2 is 1.72 bits per heavy atom. The molecule has 4 aromatic rings. The first-order valence-electron chi connectivity index (χ1n) is 11.7. The van der Waals surface area contributed by atoms with Crippen molar-refractivity contribution in [2.24, 2.45) is 0 Å². The molecular weight excluding hydrogens is 454 g/mol. The summed E-state index contributed by atoms with van der Waals surface area (Å²) < 4.78 is 5.87. The van der Waals surface area contributed by atoms with Gasteiger partial charge in [-0.05, 0) is 58.7 Å². The lowest BCUT2D eigenvalue weighted by Gasteiger charge is -2.31. The van der Waals surface area contributed by atoms with E-state index in [2.05, 4.69) is 15.2 Å². The number of rotatable bonds is 7. The number of fused-ring (bicyclic) bond motifs is 1. The van der Waals surface area contributed by atoms with Crippen LogP contribution in [0.5, 0.6) is 5.75 Å². The number of pyridine rings is 1. The summed E-state index contributed by atoms with van der Waals surface area (Å²) in [6.07, 6.45) is 3.40. The summed E-state index contributed by atoms with van der Waals surface area (Å²) in [5.74, 6) is -0.414. The molecule has 7 heteroatoms. The van der Waals surface area contributed by atoms with Crippen LogP contribution in [0.3, 0.4) is 0 Å². The minimum atomic E-state index is -0.940. The predicted octanol–water partition coefficient (Wildman–Crippen LogP) is 4.78. The normalized spacial score (nSPS) is 12.4. The second kappa shape index (κ2) is 10.3. The fourth-order valence-electron chi connectivity index (χ4n) is 4.30. The topological polar surface area (TPSA) is 91.8 Å². The van der Waals surface area contributed by atoms with E-state index in [-0.39, 0.29) is 11.5 Å². The number of nitrogens with one attached hydrogen (secondary N) is 1. The third kappa shape index (κ3) is 5.05. The van der Waals surface area contributed by atoms with Gasteiger partial charge in [0.25, 0.3) is 5.91 Å². The maximum absolute atomic E-state index is 12.7. The fraction of sp³-hybridized carbons (Fsp3) is 0.138. The van der Waals surface area contributed by atoms with Gasteiger partial charge in [0, 0.05) is 31.0 Å². The summed E-state index contributed by atoms with van der Waals surface area (Å²) in [6.45, 7) is 2.35. The molecule has 0 unspecified atom stereocenters. The number of carbonyl (C=O) groups is 2. The number of carbonyl (C=O) groups excluding carboxylic acids is 1. The van der Waals surface area contributed by atoms with Crippen molar-refractivity contribution in [2.75, 3.05) is 18.1 Å². The molecule has 1 aliphatic heterocycles. The van der Waals surface area contributed by atoms with Gasteiger partial charge in [0.2, 0.25) is 0 Å². The Kier molecular flexibility index (Phi) is 6.62. The predicted molar refractivity (Wildman–Crippen MR) is 137 cm³/mol. The average molecular weight is 480 g/mol. The number of benzene rings is 3. The van der Waals surface area contributed by atoms with Crippen molar-refractivity contribution in [1.29, 1.82) is 0 Å². The molecule has 2 heterocycles. The van der Waals surface area contributed by atoms with Gasteiger partial charge in [-0.25, -0.2) is 4.79 Å². The lowest BCUT2D eigenvalue weighted by Crippen LogP contribution is -2.32. The summed E-state index contributed by atoms with van der Waals surface area (Å²) in [6, 6.07) is 24.2. The molecule has 0 spiro atoms. The second-order valence-electron chi connectivity index (χ2n) is 8.54. The first-order valence-corrected chi connectivity index (χ1v) is 11.7. The Morgan fingerprint density at radius 1 is 0.944 bits per heavy atom. The minimum absolute atomic E-state index is 0.160. The number of hydrogen-bond donors (Lipinski definition) is 2. The van der Waals surface area contributed by atoms with Crippen LogP contribution in [0.25, 0.3) is 11.1 Å². The maximum atomic E-state index is 12.7. The Balaban J connectivity index is 1.28. The fourth-order valence-corrected chi connectivity index (χ4v) is 4.30. The van der Waals surface area contributed by atoms with Crippen LogP contribution in [0.2, 0.25) is 0 Å². The lowest BCUT2D eigenvalue weighted by atomic mass is 9.98. The van der Waals surface area contributed by atoms with Crippen molar-refractivity contribution in [3.8, 4) is 16.9 Å². The number of aromatic carboxylic acids is 1. The van der Waals surface area contributed by atoms with Crippen LogP contribution in [0.15, 0.2) is 91.3 Å². The summed E-state index contributed by atoms with van der Waals surface area (Å²) in [5.41, 5.74) is 5.41. The standard InChI is InChI=1S/C29H25N3O4/c33-28(31-18-20-11-13-30-14-12-20)23-9-10-26-27(17-23)36-16-15-32(26)19-21-5-7-22(8-6-21)24-3-1-2-4-25(24)29(34)35/h1-14,17H,15-16,18-19H2,(H,31,33)(H,34,35). The van der Waals surface area contributed by atoms with Crippen LogP contribution in [0, 0.1) is 0 Å². The van der Waals surface area contributed by atoms with Crippen molar-refractivity contribution >= 4 is 17.6 Å². The van der Waals surface area contributed by atoms with Crippen molar-refractivity contribution in [2.45, 2.75) is 13.1 Å². The van der Waals surface area contributed by atoms with Gasteiger partial charge in [-0.1, -0.05) is 42.5 Å². The van der Waals surface area contributed by atoms with Crippen molar-refractivity contribution in [3.63, 3.8) is 0 Å². The van der Waals surface area contributed by atoms with E-state index in [1.165, 1.54) is 0 Å². The van der Waals surface area contributed by atoms with Crippen molar-refractivity contribution in [3.05, 3.63) is 114 Å². The number of carboxylic acid groups (broad SMARTS) is 1. The zero-order valence-corrected chi connectivity index (χ0v) is 19.6. The smallest absolute Gasteiger partial charge is 0.336 e. The van der Waals surface area contributed by atoms with Gasteiger partial charge in [-0.2, -0.15) is 0 Å². The number of ether oxygens (including phenoxy) is 1. The molecule has 0 saturated carbocycles. The third-order valence-electron chi connectivity index (χ3n) is 6.18. The molecule has 3 aromatic carbocycles. The summed E-state index contributed by atoms with van der Waals surface area (Å²) in [5, 5.41) is 12.4. The van der Waals surface area contributed by atoms with Gasteiger partial charge >= 0.3 is 5.97 Å². The highest BCUT2D eigenvalue weighted by Gasteiger charge is 2.20. The summed E-state index contributed by atoms with van der Waals surface area (Å²) >= 11 is 0. The van der Waals surface area contributed by atoms with Gasteiger partial charge in [-0.3, -0.25) is 9.78 Å². The molecule has 36 heavy (non-hydrogen) atoms. The number of anilines is 1. The number of hydrogen-bond acceptors (Lipinski definition) is 5. The molecule has 0 aliphatic carbocycles. The van der Waals surface area contributed by atoms with Gasteiger partial charge < -0.3 is 20.1 Å². The number of nitrogens with zero attached hydrogens (tertiary/aromatic N) is 2. The zero-order chi connectivity index (χ0) is 24.9. The largest absolute Gasteiger partial charge is 0.490 e. The first kappa shape index (κ1) is 23.1. The van der Waals surface area contributed by atoms with E-state index in [9.17, 15) is 14.7 Å². The van der Waals surface area contributed by atoms with Crippen LogP contribution >= 0.6 is 0 Å². The highest BCUT2D eigenvalue weighted by Crippen LogP contribution is 2.34. The molecule has 0 bridgehead atoms. The molecule has 180 valence electrons. The molecule has 1 aromatic heterocycles. The maximum Gasteiger partial charge on any atom is 0.336 e. The van der Waals surface area contributed by atoms with E-state index < -0.39 is 5.97 Å². The molecule has 0 fully saturated rings. The van der Waals surface area contributed by atoms with Gasteiger partial charge in [0.1, 0.15) is 12.4 Å². The van der Waals surface area contributed by atoms with Crippen molar-refractivity contribution < 1.29 is 19.4 Å². The molecule has 5 rings (SSSR count). The van der Waals surface area contributed by atoms with Crippen LogP contribution < -0.4 is 15.0 Å². The van der Waals surface area contributed by atoms with E-state index in [0.717, 1.165) is 28.9 Å². The lowest BCUT2D eigenvalue weighted by molar-refractivity contribution is 0.0697. The van der Waals surface area contributed by atoms with Crippen molar-refractivity contribution in [1.82, 2.24) is 10.3 Å². The quantitative estimate of drug-likeness (QED) is 0.397. The summed E-state index contributed by atoms with van der Waals surface area (Å²) in [4.78, 5) is 30.4. The van der Waals surface area contributed by atoms with E-state index in [4.69, 9.17) is 4.74 Å². The van der Waals surface area contributed by atoms with Gasteiger partial charge in [-0.15, -0.1) is 0 Å². The number of carboxylic acids is 1. The highest BCUT2D eigenvalue weighted by atomic mass is 16.5. The molecule has 1 amide bonds. The minimum Gasteiger partial charge on any atom is -0.490 e. The highest BCUT2D eigenvalue weighted by molar-refractivity contribution is 5.96. The molecular formula is C29H25N3O4. The Labute approximate surface area is 209 Å². The Hall–Kier alpha value is -4.65. The van der Waals surface area contributed by atoms with Crippen LogP contribution in [0.1, 0.15) is 31.8 Å². The SMILES string of the molecule is O=C(NCc1ccncc1)c1ccc2c(c1)OCCN2Cc1ccc(-c2ccccc2C(=O)O)cc1.